The van der Waals surface area contributed by atoms with Gasteiger partial charge in [0.1, 0.15) is 5.75 Å². The van der Waals surface area contributed by atoms with Gasteiger partial charge in [0.15, 0.2) is 11.5 Å². The number of hydrogen-bond donors (Lipinski definition) is 0. The predicted molar refractivity (Wildman–Crippen MR) is 115 cm³/mol. The minimum Gasteiger partial charge on any atom is -0.493 e. The normalized spacial score (nSPS) is 10.8. The van der Waals surface area contributed by atoms with Crippen molar-refractivity contribution in [3.05, 3.63) is 89.5 Å². The summed E-state index contributed by atoms with van der Waals surface area (Å²) >= 11 is 0. The number of benzene rings is 3. The van der Waals surface area contributed by atoms with Gasteiger partial charge in [0.25, 0.3) is 0 Å². The molecule has 0 unspecified atom stereocenters. The maximum atomic E-state index is 12.2. The maximum Gasteiger partial charge on any atom is 0.315 e. The summed E-state index contributed by atoms with van der Waals surface area (Å²) in [4.78, 5) is 12.2. The minimum absolute atomic E-state index is 0.190. The van der Waals surface area contributed by atoms with Crippen molar-refractivity contribution in [1.82, 2.24) is 0 Å². The SMILES string of the molecule is COc1ccc(/C(C#N)=C\c2cccc(OC(=O)Cc3ccccc3)c2)cc1OC. The number of hydrogen-bond acceptors (Lipinski definition) is 5. The molecule has 3 rings (SSSR count). The number of esters is 1. The molecule has 0 saturated heterocycles. The first-order chi connectivity index (χ1) is 14.6. The fraction of sp³-hybridized carbons (Fsp3) is 0.120. The van der Waals surface area contributed by atoms with Gasteiger partial charge in [0, 0.05) is 0 Å². The molecule has 3 aromatic rings. The lowest BCUT2D eigenvalue weighted by Crippen LogP contribution is -2.11. The maximum absolute atomic E-state index is 12.2. The lowest BCUT2D eigenvalue weighted by atomic mass is 10.0. The van der Waals surface area contributed by atoms with E-state index in [1.165, 1.54) is 0 Å². The molecule has 150 valence electrons. The van der Waals surface area contributed by atoms with Gasteiger partial charge in [-0.15, -0.1) is 0 Å². The summed E-state index contributed by atoms with van der Waals surface area (Å²) in [7, 11) is 3.10. The van der Waals surface area contributed by atoms with E-state index in [0.29, 0.717) is 28.4 Å². The van der Waals surface area contributed by atoms with Gasteiger partial charge in [-0.05, 0) is 53.1 Å². The standard InChI is InChI=1S/C25H21NO4/c1-28-23-12-11-20(16-24(23)29-2)21(17-26)13-19-9-6-10-22(14-19)30-25(27)15-18-7-4-3-5-8-18/h3-14,16H,15H2,1-2H3/b21-13-. The molecule has 0 aliphatic carbocycles. The van der Waals surface area contributed by atoms with Crippen LogP contribution < -0.4 is 14.2 Å². The number of methoxy groups -OCH3 is 2. The second-order valence-electron chi connectivity index (χ2n) is 6.45. The largest absolute Gasteiger partial charge is 0.493 e. The average molecular weight is 399 g/mol. The molecule has 0 bridgehead atoms. The fourth-order valence-electron chi connectivity index (χ4n) is 2.95. The first-order valence-electron chi connectivity index (χ1n) is 9.32. The molecule has 5 heteroatoms. The molecule has 0 atom stereocenters. The van der Waals surface area contributed by atoms with Crippen LogP contribution in [0.15, 0.2) is 72.8 Å². The van der Waals surface area contributed by atoms with Gasteiger partial charge >= 0.3 is 5.97 Å². The van der Waals surface area contributed by atoms with Crippen molar-refractivity contribution < 1.29 is 19.0 Å². The number of carbonyl (C=O) groups excluding carboxylic acids is 1. The smallest absolute Gasteiger partial charge is 0.315 e. The number of rotatable bonds is 7. The van der Waals surface area contributed by atoms with Gasteiger partial charge in [-0.3, -0.25) is 4.79 Å². The van der Waals surface area contributed by atoms with Gasteiger partial charge < -0.3 is 14.2 Å². The molecule has 0 spiro atoms. The van der Waals surface area contributed by atoms with E-state index >= 15 is 0 Å². The van der Waals surface area contributed by atoms with Crippen molar-refractivity contribution in [2.75, 3.05) is 14.2 Å². The molecule has 0 fully saturated rings. The summed E-state index contributed by atoms with van der Waals surface area (Å²) in [6, 6.07) is 24.0. The first-order valence-corrected chi connectivity index (χ1v) is 9.32. The van der Waals surface area contributed by atoms with Crippen molar-refractivity contribution in [2.45, 2.75) is 6.42 Å². The summed E-state index contributed by atoms with van der Waals surface area (Å²) in [6.45, 7) is 0. The molecule has 0 aliphatic rings. The molecule has 5 nitrogen and oxygen atoms in total. The minimum atomic E-state index is -0.345. The molecular weight excluding hydrogens is 378 g/mol. The van der Waals surface area contributed by atoms with Crippen LogP contribution in [0.25, 0.3) is 11.6 Å². The Morgan fingerprint density at radius 1 is 0.933 bits per heavy atom. The third-order valence-electron chi connectivity index (χ3n) is 4.41. The van der Waals surface area contributed by atoms with Crippen LogP contribution in [0.3, 0.4) is 0 Å². The molecule has 0 N–H and O–H groups in total. The number of carbonyl (C=O) groups is 1. The highest BCUT2D eigenvalue weighted by atomic mass is 16.5. The van der Waals surface area contributed by atoms with Gasteiger partial charge in [-0.2, -0.15) is 5.26 Å². The Bertz CT molecular complexity index is 1100. The lowest BCUT2D eigenvalue weighted by molar-refractivity contribution is -0.133. The second kappa shape index (κ2) is 9.94. The van der Waals surface area contributed by atoms with E-state index in [1.807, 2.05) is 36.4 Å². The van der Waals surface area contributed by atoms with Crippen LogP contribution in [-0.4, -0.2) is 20.2 Å². The van der Waals surface area contributed by atoms with Crippen molar-refractivity contribution in [3.63, 3.8) is 0 Å². The molecule has 0 aliphatic heterocycles. The van der Waals surface area contributed by atoms with Crippen LogP contribution >= 0.6 is 0 Å². The summed E-state index contributed by atoms with van der Waals surface area (Å²) in [5.41, 5.74) is 2.77. The molecule has 0 saturated carbocycles. The molecule has 0 radical (unpaired) electrons. The number of nitrogens with zero attached hydrogens (tertiary/aromatic N) is 1. The molecule has 0 amide bonds. The van der Waals surface area contributed by atoms with E-state index in [0.717, 1.165) is 11.1 Å². The fourth-order valence-corrected chi connectivity index (χ4v) is 2.95. The van der Waals surface area contributed by atoms with Crippen molar-refractivity contribution >= 4 is 17.6 Å². The zero-order chi connectivity index (χ0) is 21.3. The Morgan fingerprint density at radius 3 is 2.40 bits per heavy atom. The molecular formula is C25H21NO4. The van der Waals surface area contributed by atoms with E-state index < -0.39 is 0 Å². The molecule has 0 aromatic heterocycles. The summed E-state index contributed by atoms with van der Waals surface area (Å²) in [5.74, 6) is 1.21. The van der Waals surface area contributed by atoms with E-state index in [4.69, 9.17) is 14.2 Å². The molecule has 0 heterocycles. The highest BCUT2D eigenvalue weighted by Gasteiger charge is 2.10. The van der Waals surface area contributed by atoms with Crippen LogP contribution in [-0.2, 0) is 11.2 Å². The predicted octanol–water partition coefficient (Wildman–Crippen LogP) is 4.92. The zero-order valence-electron chi connectivity index (χ0n) is 16.8. The number of ether oxygens (including phenoxy) is 3. The second-order valence-corrected chi connectivity index (χ2v) is 6.45. The lowest BCUT2D eigenvalue weighted by Gasteiger charge is -2.09. The van der Waals surface area contributed by atoms with Gasteiger partial charge in [-0.25, -0.2) is 0 Å². The average Bonchev–Trinajstić information content (AvgIpc) is 2.77. The van der Waals surface area contributed by atoms with Crippen LogP contribution in [0.5, 0.6) is 17.2 Å². The number of nitriles is 1. The van der Waals surface area contributed by atoms with E-state index in [2.05, 4.69) is 6.07 Å². The Kier molecular flexibility index (Phi) is 6.86. The monoisotopic (exact) mass is 399 g/mol. The quantitative estimate of drug-likeness (QED) is 0.244. The van der Waals surface area contributed by atoms with Crippen molar-refractivity contribution in [3.8, 4) is 23.3 Å². The highest BCUT2D eigenvalue weighted by molar-refractivity contribution is 5.90. The topological polar surface area (TPSA) is 68.5 Å². The number of allylic oxidation sites excluding steroid dienone is 1. The summed E-state index contributed by atoms with van der Waals surface area (Å²) in [6.07, 6.45) is 1.92. The van der Waals surface area contributed by atoms with Gasteiger partial charge in [-0.1, -0.05) is 42.5 Å². The summed E-state index contributed by atoms with van der Waals surface area (Å²) in [5, 5.41) is 9.63. The Morgan fingerprint density at radius 2 is 1.70 bits per heavy atom. The zero-order valence-corrected chi connectivity index (χ0v) is 16.8. The van der Waals surface area contributed by atoms with Crippen LogP contribution in [0, 0.1) is 11.3 Å². The van der Waals surface area contributed by atoms with E-state index in [-0.39, 0.29) is 12.4 Å². The van der Waals surface area contributed by atoms with Gasteiger partial charge in [0.2, 0.25) is 0 Å². The van der Waals surface area contributed by atoms with E-state index in [9.17, 15) is 10.1 Å². The van der Waals surface area contributed by atoms with Crippen LogP contribution in [0.4, 0.5) is 0 Å². The molecule has 30 heavy (non-hydrogen) atoms. The first kappa shape index (κ1) is 20.7. The van der Waals surface area contributed by atoms with Crippen LogP contribution in [0.2, 0.25) is 0 Å². The highest BCUT2D eigenvalue weighted by Crippen LogP contribution is 2.31. The third kappa shape index (κ3) is 5.27. The van der Waals surface area contributed by atoms with Crippen molar-refractivity contribution in [1.29, 1.82) is 5.26 Å². The Balaban J connectivity index is 1.79. The Labute approximate surface area is 175 Å². The third-order valence-corrected chi connectivity index (χ3v) is 4.41. The molecule has 3 aromatic carbocycles. The van der Waals surface area contributed by atoms with Gasteiger partial charge in [0.05, 0.1) is 32.3 Å². The van der Waals surface area contributed by atoms with Crippen molar-refractivity contribution in [2.24, 2.45) is 0 Å². The summed E-state index contributed by atoms with van der Waals surface area (Å²) < 4.78 is 16.0. The Hall–Kier alpha value is -4.04. The van der Waals surface area contributed by atoms with Crippen LogP contribution in [0.1, 0.15) is 16.7 Å². The van der Waals surface area contributed by atoms with E-state index in [1.54, 1.807) is 56.7 Å².